The molecular formula is C25H33N5O3. The lowest BCUT2D eigenvalue weighted by atomic mass is 9.93. The molecule has 0 unspecified atom stereocenters. The van der Waals surface area contributed by atoms with Crippen LogP contribution in [-0.2, 0) is 11.3 Å². The Bertz CT molecular complexity index is 1030. The van der Waals surface area contributed by atoms with E-state index in [1.54, 1.807) is 4.90 Å². The Morgan fingerprint density at radius 3 is 2.30 bits per heavy atom. The molecule has 1 atom stereocenters. The van der Waals surface area contributed by atoms with Crippen molar-refractivity contribution in [2.24, 2.45) is 5.92 Å². The van der Waals surface area contributed by atoms with Crippen molar-refractivity contribution in [1.29, 1.82) is 0 Å². The zero-order chi connectivity index (χ0) is 24.0. The Labute approximate surface area is 194 Å². The molecule has 0 saturated carbocycles. The predicted octanol–water partition coefficient (Wildman–Crippen LogP) is 3.78. The van der Waals surface area contributed by atoms with E-state index < -0.39 is 11.8 Å². The Balaban J connectivity index is 1.89. The second-order valence-corrected chi connectivity index (χ2v) is 8.89. The average molecular weight is 452 g/mol. The van der Waals surface area contributed by atoms with Crippen LogP contribution >= 0.6 is 0 Å². The third-order valence-corrected chi connectivity index (χ3v) is 5.72. The predicted molar refractivity (Wildman–Crippen MR) is 127 cm³/mol. The lowest BCUT2D eigenvalue weighted by molar-refractivity contribution is -0.207. The van der Waals surface area contributed by atoms with Crippen LogP contribution in [0.2, 0.25) is 0 Å². The topological polar surface area (TPSA) is 115 Å². The van der Waals surface area contributed by atoms with E-state index in [0.717, 1.165) is 35.1 Å². The number of hydrogen-bond donors (Lipinski definition) is 3. The highest BCUT2D eigenvalue weighted by Crippen LogP contribution is 2.30. The first kappa shape index (κ1) is 24.5. The van der Waals surface area contributed by atoms with Gasteiger partial charge in [0.2, 0.25) is 11.7 Å². The second kappa shape index (κ2) is 10.7. The van der Waals surface area contributed by atoms with Crippen LogP contribution in [0.15, 0.2) is 48.5 Å². The number of hydrogen-bond acceptors (Lipinski definition) is 6. The number of benzene rings is 2. The molecule has 0 fully saturated rings. The van der Waals surface area contributed by atoms with Crippen LogP contribution in [0, 0.1) is 5.92 Å². The molecule has 8 nitrogen and oxygen atoms in total. The van der Waals surface area contributed by atoms with Crippen molar-refractivity contribution in [2.75, 3.05) is 0 Å². The van der Waals surface area contributed by atoms with Crippen molar-refractivity contribution < 1.29 is 15.0 Å². The molecule has 0 spiro atoms. The van der Waals surface area contributed by atoms with E-state index in [0.29, 0.717) is 18.8 Å². The van der Waals surface area contributed by atoms with Crippen molar-refractivity contribution >= 4 is 5.91 Å². The van der Waals surface area contributed by atoms with E-state index in [-0.39, 0.29) is 11.8 Å². The SMILES string of the molecule is CCCCC(=O)N(Cc1ccc(-c2ccccc2-c2nn[nH]n2)cc1)[C@@H](C(C)C)C(C)(O)O. The fourth-order valence-corrected chi connectivity index (χ4v) is 4.29. The first-order valence-electron chi connectivity index (χ1n) is 11.4. The van der Waals surface area contributed by atoms with Crippen molar-refractivity contribution in [3.05, 3.63) is 54.1 Å². The van der Waals surface area contributed by atoms with E-state index in [4.69, 9.17) is 0 Å². The number of aromatic nitrogens is 4. The van der Waals surface area contributed by atoms with Crippen LogP contribution in [0.3, 0.4) is 0 Å². The number of carbonyl (C=O) groups is 1. The molecule has 0 saturated heterocycles. The summed E-state index contributed by atoms with van der Waals surface area (Å²) in [6, 6.07) is 15.0. The van der Waals surface area contributed by atoms with Gasteiger partial charge >= 0.3 is 0 Å². The molecule has 0 aliphatic rings. The third-order valence-electron chi connectivity index (χ3n) is 5.72. The monoisotopic (exact) mass is 451 g/mol. The van der Waals surface area contributed by atoms with Crippen molar-refractivity contribution in [1.82, 2.24) is 25.5 Å². The van der Waals surface area contributed by atoms with E-state index >= 15 is 0 Å². The molecule has 0 aliphatic carbocycles. The zero-order valence-electron chi connectivity index (χ0n) is 19.7. The summed E-state index contributed by atoms with van der Waals surface area (Å²) in [5.74, 6) is -1.68. The van der Waals surface area contributed by atoms with Crippen LogP contribution in [-0.4, -0.2) is 53.5 Å². The molecular weight excluding hydrogens is 418 g/mol. The Morgan fingerprint density at radius 1 is 1.09 bits per heavy atom. The molecule has 1 heterocycles. The third kappa shape index (κ3) is 6.03. The molecule has 0 bridgehead atoms. The molecule has 1 amide bonds. The Hall–Kier alpha value is -3.10. The van der Waals surface area contributed by atoms with Gasteiger partial charge in [-0.3, -0.25) is 4.79 Å². The number of unbranched alkanes of at least 4 members (excludes halogenated alkanes) is 1. The van der Waals surface area contributed by atoms with E-state index in [1.165, 1.54) is 6.92 Å². The number of carbonyl (C=O) groups excluding carboxylic acids is 1. The maximum Gasteiger partial charge on any atom is 0.223 e. The van der Waals surface area contributed by atoms with Crippen LogP contribution in [0.4, 0.5) is 0 Å². The number of aromatic amines is 1. The lowest BCUT2D eigenvalue weighted by Crippen LogP contribution is -2.55. The molecule has 0 radical (unpaired) electrons. The summed E-state index contributed by atoms with van der Waals surface area (Å²) < 4.78 is 0. The van der Waals surface area contributed by atoms with Gasteiger partial charge in [-0.15, -0.1) is 10.2 Å². The molecule has 3 aromatic rings. The second-order valence-electron chi connectivity index (χ2n) is 8.89. The molecule has 3 rings (SSSR count). The average Bonchev–Trinajstić information content (AvgIpc) is 3.31. The fourth-order valence-electron chi connectivity index (χ4n) is 4.29. The van der Waals surface area contributed by atoms with Gasteiger partial charge < -0.3 is 15.1 Å². The Kier molecular flexibility index (Phi) is 7.94. The fraction of sp³-hybridized carbons (Fsp3) is 0.440. The van der Waals surface area contributed by atoms with Crippen LogP contribution in [0.25, 0.3) is 22.5 Å². The minimum Gasteiger partial charge on any atom is -0.364 e. The molecule has 33 heavy (non-hydrogen) atoms. The largest absolute Gasteiger partial charge is 0.364 e. The van der Waals surface area contributed by atoms with Crippen LogP contribution < -0.4 is 0 Å². The summed E-state index contributed by atoms with van der Waals surface area (Å²) in [4.78, 5) is 14.7. The van der Waals surface area contributed by atoms with Crippen molar-refractivity contribution in [3.63, 3.8) is 0 Å². The van der Waals surface area contributed by atoms with Crippen molar-refractivity contribution in [2.45, 2.75) is 65.3 Å². The number of nitrogens with one attached hydrogen (secondary N) is 1. The van der Waals surface area contributed by atoms with Crippen LogP contribution in [0.1, 0.15) is 52.5 Å². The van der Waals surface area contributed by atoms with Gasteiger partial charge in [-0.1, -0.05) is 75.7 Å². The van der Waals surface area contributed by atoms with Gasteiger partial charge in [0.25, 0.3) is 0 Å². The number of H-pyrrole nitrogens is 1. The quantitative estimate of drug-likeness (QED) is 0.404. The van der Waals surface area contributed by atoms with Gasteiger partial charge in [-0.2, -0.15) is 5.21 Å². The minimum absolute atomic E-state index is 0.0728. The molecule has 0 aliphatic heterocycles. The minimum atomic E-state index is -2.00. The van der Waals surface area contributed by atoms with Gasteiger partial charge in [0.15, 0.2) is 5.79 Å². The number of nitrogens with zero attached hydrogens (tertiary/aromatic N) is 4. The lowest BCUT2D eigenvalue weighted by Gasteiger charge is -2.40. The number of amides is 1. The van der Waals surface area contributed by atoms with Crippen molar-refractivity contribution in [3.8, 4) is 22.5 Å². The Morgan fingerprint density at radius 2 is 1.76 bits per heavy atom. The number of rotatable bonds is 10. The van der Waals surface area contributed by atoms with Gasteiger partial charge in [-0.05, 0) is 41.2 Å². The number of aliphatic hydroxyl groups is 2. The zero-order valence-corrected chi connectivity index (χ0v) is 19.7. The van der Waals surface area contributed by atoms with E-state index in [1.807, 2.05) is 69.3 Å². The summed E-state index contributed by atoms with van der Waals surface area (Å²) in [7, 11) is 0. The maximum absolute atomic E-state index is 13.0. The summed E-state index contributed by atoms with van der Waals surface area (Å²) in [6.45, 7) is 7.47. The maximum atomic E-state index is 13.0. The highest BCUT2D eigenvalue weighted by atomic mass is 16.5. The summed E-state index contributed by atoms with van der Waals surface area (Å²) in [5, 5.41) is 35.2. The highest BCUT2D eigenvalue weighted by Gasteiger charge is 2.39. The first-order chi connectivity index (χ1) is 15.7. The summed E-state index contributed by atoms with van der Waals surface area (Å²) >= 11 is 0. The molecule has 8 heteroatoms. The summed E-state index contributed by atoms with van der Waals surface area (Å²) in [5.41, 5.74) is 3.74. The number of tetrazole rings is 1. The van der Waals surface area contributed by atoms with Gasteiger partial charge in [0, 0.05) is 18.5 Å². The smallest absolute Gasteiger partial charge is 0.223 e. The normalized spacial score (nSPS) is 12.7. The van der Waals surface area contributed by atoms with Gasteiger partial charge in [-0.25, -0.2) is 0 Å². The van der Waals surface area contributed by atoms with E-state index in [9.17, 15) is 15.0 Å². The molecule has 1 aromatic heterocycles. The molecule has 176 valence electrons. The molecule has 2 aromatic carbocycles. The van der Waals surface area contributed by atoms with E-state index in [2.05, 4.69) is 20.6 Å². The molecule has 3 N–H and O–H groups in total. The van der Waals surface area contributed by atoms with Crippen LogP contribution in [0.5, 0.6) is 0 Å². The van der Waals surface area contributed by atoms with Gasteiger partial charge in [0.05, 0.1) is 6.04 Å². The van der Waals surface area contributed by atoms with Gasteiger partial charge in [0.1, 0.15) is 0 Å². The highest BCUT2D eigenvalue weighted by molar-refractivity contribution is 5.80. The first-order valence-corrected chi connectivity index (χ1v) is 11.4. The summed E-state index contributed by atoms with van der Waals surface area (Å²) in [6.07, 6.45) is 2.04. The standard InChI is InChI=1S/C25H33N5O3/c1-5-6-11-22(31)30(23(17(2)3)25(4,32)33)16-18-12-14-19(15-13-18)20-9-7-8-10-21(20)24-26-28-29-27-24/h7-10,12-15,17,23,32-33H,5-6,11,16H2,1-4H3,(H,26,27,28,29)/t23-/m0/s1.